The van der Waals surface area contributed by atoms with Crippen LogP contribution >= 0.6 is 11.8 Å². The van der Waals surface area contributed by atoms with Crippen molar-refractivity contribution in [1.29, 1.82) is 0 Å². The van der Waals surface area contributed by atoms with Gasteiger partial charge < -0.3 is 4.74 Å². The van der Waals surface area contributed by atoms with E-state index < -0.39 is 0 Å². The molecule has 0 spiro atoms. The second-order valence-corrected chi connectivity index (χ2v) is 4.33. The number of thioether (sulfide) groups is 1. The van der Waals surface area contributed by atoms with Crippen molar-refractivity contribution in [3.05, 3.63) is 48.2 Å². The lowest BCUT2D eigenvalue weighted by Crippen LogP contribution is -1.87. The Balaban J connectivity index is 2.11. The fourth-order valence-corrected chi connectivity index (χ4v) is 1.69. The molecule has 0 saturated heterocycles. The first-order valence-electron chi connectivity index (χ1n) is 5.02. The predicted octanol–water partition coefficient (Wildman–Crippen LogP) is 3.90. The average Bonchev–Trinajstić information content (AvgIpc) is 2.33. The van der Waals surface area contributed by atoms with Crippen LogP contribution in [0.2, 0.25) is 0 Å². The third kappa shape index (κ3) is 2.76. The van der Waals surface area contributed by atoms with Gasteiger partial charge >= 0.3 is 0 Å². The Labute approximate surface area is 99.7 Å². The minimum absolute atomic E-state index is 0.627. The average molecular weight is 231 g/mol. The fraction of sp³-hybridized carbons (Fsp3) is 0.154. The first-order valence-corrected chi connectivity index (χ1v) is 6.25. The van der Waals surface area contributed by atoms with Gasteiger partial charge in [0.25, 0.3) is 0 Å². The summed E-state index contributed by atoms with van der Waals surface area (Å²) in [6, 6.07) is 11.8. The molecule has 0 aliphatic rings. The van der Waals surface area contributed by atoms with E-state index in [9.17, 15) is 0 Å². The number of rotatable bonds is 3. The zero-order valence-electron chi connectivity index (χ0n) is 9.31. The Morgan fingerprint density at radius 3 is 2.38 bits per heavy atom. The summed E-state index contributed by atoms with van der Waals surface area (Å²) in [6.45, 7) is 2.00. The van der Waals surface area contributed by atoms with Crippen molar-refractivity contribution in [3.63, 3.8) is 0 Å². The molecule has 0 amide bonds. The van der Waals surface area contributed by atoms with Crippen LogP contribution in [0.1, 0.15) is 5.56 Å². The van der Waals surface area contributed by atoms with Crippen LogP contribution in [0.3, 0.4) is 0 Å². The van der Waals surface area contributed by atoms with Gasteiger partial charge in [-0.15, -0.1) is 11.8 Å². The number of hydrogen-bond donors (Lipinski definition) is 0. The molecule has 0 aliphatic carbocycles. The third-order valence-electron chi connectivity index (χ3n) is 2.17. The smallest absolute Gasteiger partial charge is 0.219 e. The molecule has 1 aromatic heterocycles. The summed E-state index contributed by atoms with van der Waals surface area (Å²) in [5.74, 6) is 1.44. The second kappa shape index (κ2) is 5.03. The second-order valence-electron chi connectivity index (χ2n) is 3.45. The van der Waals surface area contributed by atoms with Gasteiger partial charge in [0, 0.05) is 17.2 Å². The van der Waals surface area contributed by atoms with E-state index in [0.717, 1.165) is 11.3 Å². The van der Waals surface area contributed by atoms with Gasteiger partial charge in [0.1, 0.15) is 5.75 Å². The molecule has 0 atom stereocenters. The number of hydrogen-bond acceptors (Lipinski definition) is 3. The van der Waals surface area contributed by atoms with Crippen LogP contribution in [0.25, 0.3) is 0 Å². The van der Waals surface area contributed by atoms with Crippen molar-refractivity contribution in [2.75, 3.05) is 6.26 Å². The molecule has 2 aromatic rings. The van der Waals surface area contributed by atoms with E-state index >= 15 is 0 Å². The Kier molecular flexibility index (Phi) is 3.47. The van der Waals surface area contributed by atoms with Crippen molar-refractivity contribution in [2.45, 2.75) is 11.8 Å². The topological polar surface area (TPSA) is 22.1 Å². The standard InChI is InChI=1S/C13H13NOS/c1-10-3-8-13(14-9-10)15-11-4-6-12(16-2)7-5-11/h3-9H,1-2H3. The molecule has 16 heavy (non-hydrogen) atoms. The molecule has 2 nitrogen and oxygen atoms in total. The summed E-state index contributed by atoms with van der Waals surface area (Å²) in [6.07, 6.45) is 3.85. The predicted molar refractivity (Wildman–Crippen MR) is 67.3 cm³/mol. The number of aromatic nitrogens is 1. The summed E-state index contributed by atoms with van der Waals surface area (Å²) in [5, 5.41) is 0. The highest BCUT2D eigenvalue weighted by molar-refractivity contribution is 7.98. The molecule has 0 fully saturated rings. The van der Waals surface area contributed by atoms with E-state index in [2.05, 4.69) is 11.2 Å². The van der Waals surface area contributed by atoms with Crippen LogP contribution in [0.15, 0.2) is 47.5 Å². The first kappa shape index (κ1) is 11.0. The highest BCUT2D eigenvalue weighted by Gasteiger charge is 1.98. The lowest BCUT2D eigenvalue weighted by atomic mass is 10.3. The molecule has 0 bridgehead atoms. The molecule has 0 unspecified atom stereocenters. The van der Waals surface area contributed by atoms with Crippen molar-refractivity contribution < 1.29 is 4.74 Å². The minimum Gasteiger partial charge on any atom is -0.439 e. The molecule has 2 rings (SSSR count). The van der Waals surface area contributed by atoms with Crippen LogP contribution < -0.4 is 4.74 Å². The van der Waals surface area contributed by atoms with Gasteiger partial charge in [-0.1, -0.05) is 6.07 Å². The fourth-order valence-electron chi connectivity index (χ4n) is 1.28. The minimum atomic E-state index is 0.627. The molecule has 82 valence electrons. The van der Waals surface area contributed by atoms with E-state index in [1.54, 1.807) is 18.0 Å². The van der Waals surface area contributed by atoms with Crippen LogP contribution in [0, 0.1) is 6.92 Å². The largest absolute Gasteiger partial charge is 0.439 e. The van der Waals surface area contributed by atoms with Gasteiger partial charge in [-0.2, -0.15) is 0 Å². The van der Waals surface area contributed by atoms with Crippen LogP contribution in [-0.4, -0.2) is 11.2 Å². The van der Waals surface area contributed by atoms with Gasteiger partial charge in [0.2, 0.25) is 5.88 Å². The molecular weight excluding hydrogens is 218 g/mol. The molecular formula is C13H13NOS. The van der Waals surface area contributed by atoms with Gasteiger partial charge in [0.05, 0.1) is 0 Å². The Morgan fingerprint density at radius 1 is 1.06 bits per heavy atom. The SMILES string of the molecule is CSc1ccc(Oc2ccc(C)cn2)cc1. The van der Waals surface area contributed by atoms with Crippen molar-refractivity contribution in [2.24, 2.45) is 0 Å². The molecule has 3 heteroatoms. The molecule has 0 N–H and O–H groups in total. The van der Waals surface area contributed by atoms with E-state index in [1.165, 1.54) is 4.90 Å². The molecule has 1 aromatic carbocycles. The van der Waals surface area contributed by atoms with Crippen molar-refractivity contribution in [1.82, 2.24) is 4.98 Å². The number of aryl methyl sites for hydroxylation is 1. The van der Waals surface area contributed by atoms with E-state index in [1.807, 2.05) is 43.3 Å². The van der Waals surface area contributed by atoms with Gasteiger partial charge in [-0.3, -0.25) is 0 Å². The molecule has 0 aliphatic heterocycles. The lowest BCUT2D eigenvalue weighted by molar-refractivity contribution is 0.462. The number of benzene rings is 1. The maximum Gasteiger partial charge on any atom is 0.219 e. The number of pyridine rings is 1. The van der Waals surface area contributed by atoms with Gasteiger partial charge in [-0.25, -0.2) is 4.98 Å². The van der Waals surface area contributed by atoms with Crippen molar-refractivity contribution >= 4 is 11.8 Å². The number of ether oxygens (including phenoxy) is 1. The van der Waals surface area contributed by atoms with Crippen molar-refractivity contribution in [3.8, 4) is 11.6 Å². The van der Waals surface area contributed by atoms with E-state index in [4.69, 9.17) is 4.74 Å². The monoisotopic (exact) mass is 231 g/mol. The van der Waals surface area contributed by atoms with Crippen LogP contribution in [-0.2, 0) is 0 Å². The zero-order valence-corrected chi connectivity index (χ0v) is 10.1. The normalized spacial score (nSPS) is 10.1. The van der Waals surface area contributed by atoms with Gasteiger partial charge in [0.15, 0.2) is 0 Å². The summed E-state index contributed by atoms with van der Waals surface area (Å²) in [7, 11) is 0. The molecule has 0 radical (unpaired) electrons. The number of nitrogens with zero attached hydrogens (tertiary/aromatic N) is 1. The van der Waals surface area contributed by atoms with Gasteiger partial charge in [-0.05, 0) is 43.0 Å². The van der Waals surface area contributed by atoms with E-state index in [-0.39, 0.29) is 0 Å². The summed E-state index contributed by atoms with van der Waals surface area (Å²) >= 11 is 1.71. The quantitative estimate of drug-likeness (QED) is 0.748. The zero-order chi connectivity index (χ0) is 11.4. The molecule has 1 heterocycles. The summed E-state index contributed by atoms with van der Waals surface area (Å²) in [4.78, 5) is 5.41. The maximum atomic E-state index is 5.61. The summed E-state index contributed by atoms with van der Waals surface area (Å²) in [5.41, 5.74) is 1.13. The summed E-state index contributed by atoms with van der Waals surface area (Å²) < 4.78 is 5.61. The van der Waals surface area contributed by atoms with Crippen LogP contribution in [0.4, 0.5) is 0 Å². The first-order chi connectivity index (χ1) is 7.78. The Morgan fingerprint density at radius 2 is 1.81 bits per heavy atom. The van der Waals surface area contributed by atoms with Crippen LogP contribution in [0.5, 0.6) is 11.6 Å². The third-order valence-corrected chi connectivity index (χ3v) is 2.91. The Bertz CT molecular complexity index is 450. The maximum absolute atomic E-state index is 5.61. The highest BCUT2D eigenvalue weighted by atomic mass is 32.2. The highest BCUT2D eigenvalue weighted by Crippen LogP contribution is 2.22. The van der Waals surface area contributed by atoms with E-state index in [0.29, 0.717) is 5.88 Å². The molecule has 0 saturated carbocycles. The lowest BCUT2D eigenvalue weighted by Gasteiger charge is -2.05. The Hall–Kier alpha value is -1.48.